The molecule has 0 aromatic heterocycles. The molecule has 8 atom stereocenters. The Bertz CT molecular complexity index is 1380. The van der Waals surface area contributed by atoms with Gasteiger partial charge in [-0.15, -0.1) is 0 Å². The molecule has 0 spiro atoms. The smallest absolute Gasteiger partial charge is 0.462 e. The van der Waals surface area contributed by atoms with E-state index in [4.69, 9.17) is 18.5 Å². The lowest BCUT2D eigenvalue weighted by atomic mass is 9.85. The van der Waals surface area contributed by atoms with E-state index in [1.807, 2.05) is 0 Å². The molecule has 386 valence electrons. The number of ether oxygens (including phenoxy) is 2. The van der Waals surface area contributed by atoms with Crippen LogP contribution in [0.3, 0.4) is 0 Å². The van der Waals surface area contributed by atoms with E-state index in [-0.39, 0.29) is 12.8 Å². The number of phosphoric acid groups is 3. The molecule has 8 unspecified atom stereocenters. The van der Waals surface area contributed by atoms with Crippen LogP contribution in [0.25, 0.3) is 0 Å². The van der Waals surface area contributed by atoms with Crippen molar-refractivity contribution in [2.75, 3.05) is 13.2 Å². The zero-order chi connectivity index (χ0) is 48.6. The SMILES string of the molecule is CCCCCCCCCCCCCCCCCC(=O)OC(COC(=O)CCCCCCCCCCCCCCC)COP(=O)(O)OC1C(O)C(O)C(OP(=O)(O)O)C(OP(=O)(O)O)C1O. The number of phosphoric ester groups is 3. The Morgan fingerprint density at radius 2 is 0.754 bits per heavy atom. The second-order valence-electron chi connectivity index (χ2n) is 17.4. The average Bonchev–Trinajstić information content (AvgIpc) is 3.23. The van der Waals surface area contributed by atoms with Crippen LogP contribution < -0.4 is 0 Å². The van der Waals surface area contributed by atoms with Gasteiger partial charge in [-0.25, -0.2) is 13.7 Å². The minimum atomic E-state index is -5.59. The fourth-order valence-corrected chi connectivity index (χ4v) is 9.86. The summed E-state index contributed by atoms with van der Waals surface area (Å²) in [5, 5.41) is 31.9. The summed E-state index contributed by atoms with van der Waals surface area (Å²) in [6.45, 7) is 2.96. The summed E-state index contributed by atoms with van der Waals surface area (Å²) in [5.41, 5.74) is 0. The Morgan fingerprint density at radius 1 is 0.431 bits per heavy atom. The quantitative estimate of drug-likeness (QED) is 0.0161. The van der Waals surface area contributed by atoms with Gasteiger partial charge in [0.2, 0.25) is 0 Å². The second kappa shape index (κ2) is 36.1. The van der Waals surface area contributed by atoms with Crippen molar-refractivity contribution in [1.82, 2.24) is 0 Å². The maximum Gasteiger partial charge on any atom is 0.472 e. The minimum Gasteiger partial charge on any atom is -0.462 e. The molecule has 0 radical (unpaired) electrons. The van der Waals surface area contributed by atoms with Crippen molar-refractivity contribution in [3.63, 3.8) is 0 Å². The van der Waals surface area contributed by atoms with Gasteiger partial charge in [0.15, 0.2) is 6.10 Å². The number of carbonyl (C=O) groups is 2. The number of aliphatic hydroxyl groups excluding tert-OH is 3. The predicted octanol–water partition coefficient (Wildman–Crippen LogP) is 8.74. The normalized spacial score (nSPS) is 21.8. The molecule has 19 nitrogen and oxygen atoms in total. The van der Waals surface area contributed by atoms with Crippen LogP contribution in [-0.2, 0) is 50.9 Å². The fraction of sp³-hybridized carbons (Fsp3) is 0.953. The highest BCUT2D eigenvalue weighted by atomic mass is 31.2. The summed E-state index contributed by atoms with van der Waals surface area (Å²) < 4.78 is 65.5. The summed E-state index contributed by atoms with van der Waals surface area (Å²) >= 11 is 0. The summed E-state index contributed by atoms with van der Waals surface area (Å²) in [5.74, 6) is -1.28. The molecule has 1 rings (SSSR count). The zero-order valence-electron chi connectivity index (χ0n) is 39.1. The molecule has 0 aromatic rings. The molecular weight excluding hydrogens is 913 g/mol. The van der Waals surface area contributed by atoms with Crippen LogP contribution in [-0.4, -0.2) is 108 Å². The molecule has 8 N–H and O–H groups in total. The molecule has 1 aliphatic rings. The molecular formula is C43H85O19P3. The van der Waals surface area contributed by atoms with Crippen molar-refractivity contribution in [2.45, 2.75) is 249 Å². The molecule has 0 heterocycles. The third-order valence-electron chi connectivity index (χ3n) is 11.4. The first-order valence-corrected chi connectivity index (χ1v) is 28.9. The van der Waals surface area contributed by atoms with Crippen LogP contribution in [0.2, 0.25) is 0 Å². The van der Waals surface area contributed by atoms with Crippen LogP contribution in [0, 0.1) is 0 Å². The number of hydrogen-bond donors (Lipinski definition) is 8. The zero-order valence-corrected chi connectivity index (χ0v) is 41.8. The third kappa shape index (κ3) is 32.6. The lowest BCUT2D eigenvalue weighted by molar-refractivity contribution is -0.213. The number of hydrogen-bond acceptors (Lipinski definition) is 14. The van der Waals surface area contributed by atoms with E-state index in [2.05, 4.69) is 22.9 Å². The molecule has 0 aliphatic heterocycles. The Morgan fingerprint density at radius 3 is 1.12 bits per heavy atom. The highest BCUT2D eigenvalue weighted by Gasteiger charge is 2.56. The highest BCUT2D eigenvalue weighted by molar-refractivity contribution is 7.47. The topological polar surface area (TPSA) is 303 Å². The summed E-state index contributed by atoms with van der Waals surface area (Å²) in [6, 6.07) is 0. The molecule has 0 bridgehead atoms. The fourth-order valence-electron chi connectivity index (χ4n) is 7.76. The largest absolute Gasteiger partial charge is 0.472 e. The van der Waals surface area contributed by atoms with Gasteiger partial charge in [0.1, 0.15) is 43.2 Å². The Hall–Kier alpha value is -0.850. The van der Waals surface area contributed by atoms with E-state index in [1.54, 1.807) is 0 Å². The molecule has 22 heteroatoms. The lowest BCUT2D eigenvalue weighted by Gasteiger charge is -2.44. The van der Waals surface area contributed by atoms with E-state index >= 15 is 0 Å². The molecule has 65 heavy (non-hydrogen) atoms. The molecule has 1 fully saturated rings. The second-order valence-corrected chi connectivity index (χ2v) is 21.2. The van der Waals surface area contributed by atoms with E-state index in [0.717, 1.165) is 51.4 Å². The van der Waals surface area contributed by atoms with Crippen molar-refractivity contribution < 1.29 is 90.6 Å². The Kier molecular flexibility index (Phi) is 34.6. The van der Waals surface area contributed by atoms with Gasteiger partial charge in [0, 0.05) is 12.8 Å². The molecule has 0 aromatic carbocycles. The van der Waals surface area contributed by atoms with Crippen LogP contribution in [0.5, 0.6) is 0 Å². The number of aliphatic hydroxyl groups is 3. The van der Waals surface area contributed by atoms with E-state index in [1.165, 1.54) is 116 Å². The number of carbonyl (C=O) groups excluding carboxylic acids is 2. The van der Waals surface area contributed by atoms with E-state index < -0.39 is 91.3 Å². The molecule has 1 aliphatic carbocycles. The van der Waals surface area contributed by atoms with Gasteiger partial charge in [0.25, 0.3) is 0 Å². The van der Waals surface area contributed by atoms with Crippen LogP contribution >= 0.6 is 23.5 Å². The van der Waals surface area contributed by atoms with E-state index in [9.17, 15) is 63.1 Å². The van der Waals surface area contributed by atoms with E-state index in [0.29, 0.717) is 12.8 Å². The van der Waals surface area contributed by atoms with Crippen molar-refractivity contribution >= 4 is 35.4 Å². The summed E-state index contributed by atoms with van der Waals surface area (Å²) in [7, 11) is -16.6. The minimum absolute atomic E-state index is 0.00605. The van der Waals surface area contributed by atoms with Crippen LogP contribution in [0.1, 0.15) is 206 Å². The monoisotopic (exact) mass is 998 g/mol. The Balaban J connectivity index is 2.72. The maximum atomic E-state index is 13.1. The van der Waals surface area contributed by atoms with Crippen molar-refractivity contribution in [2.24, 2.45) is 0 Å². The summed E-state index contributed by atoms with van der Waals surface area (Å²) in [4.78, 5) is 73.2. The predicted molar refractivity (Wildman–Crippen MR) is 243 cm³/mol. The highest BCUT2D eigenvalue weighted by Crippen LogP contribution is 2.51. The van der Waals surface area contributed by atoms with Crippen LogP contribution in [0.4, 0.5) is 0 Å². The standard InChI is InChI=1S/C43H85O19P3/c1-3-5-7-9-11-13-15-17-18-20-22-24-26-28-30-32-37(45)59-35(33-57-36(44)31-29-27-25-23-21-19-16-14-12-10-8-6-4-2)34-58-65(55,56)62-41-38(46)39(47)42(60-63(49,50)51)43(40(41)48)61-64(52,53)54/h35,38-43,46-48H,3-34H2,1-2H3,(H,55,56)(H2,49,50,51)(H2,52,53,54). The van der Waals surface area contributed by atoms with Gasteiger partial charge < -0.3 is 49.3 Å². The van der Waals surface area contributed by atoms with Gasteiger partial charge in [-0.2, -0.15) is 0 Å². The first-order valence-electron chi connectivity index (χ1n) is 24.3. The third-order valence-corrected chi connectivity index (χ3v) is 13.4. The average molecular weight is 999 g/mol. The van der Waals surface area contributed by atoms with Gasteiger partial charge >= 0.3 is 35.4 Å². The molecule has 1 saturated carbocycles. The number of rotatable bonds is 42. The van der Waals surface area contributed by atoms with Crippen molar-refractivity contribution in [1.29, 1.82) is 0 Å². The summed E-state index contributed by atoms with van der Waals surface area (Å²) in [6.07, 6.45) is 15.5. The first kappa shape index (κ1) is 62.2. The Labute approximate surface area is 387 Å². The lowest BCUT2D eigenvalue weighted by Crippen LogP contribution is -2.65. The van der Waals surface area contributed by atoms with Crippen molar-refractivity contribution in [3.05, 3.63) is 0 Å². The molecule has 0 amide bonds. The number of unbranched alkanes of at least 4 members (excludes halogenated alkanes) is 26. The van der Waals surface area contributed by atoms with Crippen molar-refractivity contribution in [3.8, 4) is 0 Å². The van der Waals surface area contributed by atoms with Gasteiger partial charge in [0.05, 0.1) is 6.61 Å². The van der Waals surface area contributed by atoms with Gasteiger partial charge in [-0.05, 0) is 12.8 Å². The van der Waals surface area contributed by atoms with Crippen LogP contribution in [0.15, 0.2) is 0 Å². The number of esters is 2. The van der Waals surface area contributed by atoms with Gasteiger partial charge in [-0.3, -0.25) is 27.7 Å². The van der Waals surface area contributed by atoms with Gasteiger partial charge in [-0.1, -0.05) is 181 Å². The molecule has 0 saturated heterocycles. The maximum absolute atomic E-state index is 13.1. The first-order chi connectivity index (χ1) is 30.8.